The lowest BCUT2D eigenvalue weighted by molar-refractivity contribution is -0.145. The predicted molar refractivity (Wildman–Crippen MR) is 142 cm³/mol. The van der Waals surface area contributed by atoms with Crippen LogP contribution in [0.1, 0.15) is 16.8 Å². The fourth-order valence-corrected chi connectivity index (χ4v) is 5.86. The van der Waals surface area contributed by atoms with Gasteiger partial charge in [0, 0.05) is 30.9 Å². The zero-order valence-electron chi connectivity index (χ0n) is 19.7. The maximum Gasteiger partial charge on any atom is 0.326 e. The van der Waals surface area contributed by atoms with E-state index in [1.807, 2.05) is 0 Å². The van der Waals surface area contributed by atoms with E-state index in [4.69, 9.17) is 27.9 Å². The molecule has 200 valence electrons. The predicted octanol–water partition coefficient (Wildman–Crippen LogP) is 2.72. The molecule has 0 spiro atoms. The zero-order chi connectivity index (χ0) is 27.1. The van der Waals surface area contributed by atoms with Crippen LogP contribution < -0.4 is 15.4 Å². The first-order valence-electron chi connectivity index (χ1n) is 11.3. The molecule has 4 rings (SSSR count). The number of nitrogens with zero attached hydrogens (tertiary/aromatic N) is 2. The summed E-state index contributed by atoms with van der Waals surface area (Å²) in [5, 5.41) is 12.6. The Morgan fingerprint density at radius 3 is 2.61 bits per heavy atom. The molecule has 5 N–H and O–H groups in total. The molecule has 0 radical (unpaired) electrons. The molecule has 2 aromatic carbocycles. The van der Waals surface area contributed by atoms with Crippen LogP contribution in [0.3, 0.4) is 0 Å². The number of amides is 1. The topological polar surface area (TPSA) is 171 Å². The maximum absolute atomic E-state index is 13.1. The van der Waals surface area contributed by atoms with Crippen molar-refractivity contribution in [3.8, 4) is 0 Å². The fourth-order valence-electron chi connectivity index (χ4n) is 3.53. The van der Waals surface area contributed by atoms with Crippen LogP contribution in [0.2, 0.25) is 10.0 Å². The fraction of sp³-hybridized carbons (Fsp3) is 0.217. The molecule has 1 atom stereocenters. The van der Waals surface area contributed by atoms with Gasteiger partial charge in [0.2, 0.25) is 10.0 Å². The van der Waals surface area contributed by atoms with Gasteiger partial charge >= 0.3 is 5.97 Å². The normalized spacial score (nSPS) is 12.3. The summed E-state index contributed by atoms with van der Waals surface area (Å²) in [7, 11) is -4.37. The molecule has 1 unspecified atom stereocenters. The van der Waals surface area contributed by atoms with Crippen molar-refractivity contribution in [3.63, 3.8) is 0 Å². The summed E-state index contributed by atoms with van der Waals surface area (Å²) in [5.74, 6) is -0.863. The Kier molecular flexibility index (Phi) is 8.84. The van der Waals surface area contributed by atoms with E-state index in [0.717, 1.165) is 0 Å². The van der Waals surface area contributed by atoms with Crippen molar-refractivity contribution in [2.45, 2.75) is 17.4 Å². The smallest absolute Gasteiger partial charge is 0.326 e. The molecule has 1 amide bonds. The van der Waals surface area contributed by atoms with Crippen molar-refractivity contribution in [1.82, 2.24) is 30.2 Å². The van der Waals surface area contributed by atoms with Crippen molar-refractivity contribution in [3.05, 3.63) is 70.6 Å². The van der Waals surface area contributed by atoms with Crippen LogP contribution in [-0.2, 0) is 19.6 Å². The molecule has 0 bridgehead atoms. The Hall–Kier alpha value is -3.65. The number of sulfonamides is 1. The summed E-state index contributed by atoms with van der Waals surface area (Å²) in [4.78, 5) is 32.3. The summed E-state index contributed by atoms with van der Waals surface area (Å²) in [5.41, 5.74) is 0.940. The number of carbonyl (C=O) groups is 2. The number of fused-ring (bicyclic) bond motifs is 1. The van der Waals surface area contributed by atoms with E-state index in [9.17, 15) is 18.0 Å². The Labute approximate surface area is 227 Å². The number of esters is 1. The average Bonchev–Trinajstić information content (AvgIpc) is 3.57. The Bertz CT molecular complexity index is 1510. The van der Waals surface area contributed by atoms with Gasteiger partial charge in [-0.1, -0.05) is 35.3 Å². The summed E-state index contributed by atoms with van der Waals surface area (Å²) >= 11 is 12.2. The Morgan fingerprint density at radius 2 is 1.87 bits per heavy atom. The number of rotatable bonds is 12. The van der Waals surface area contributed by atoms with Gasteiger partial charge in [-0.25, -0.2) is 13.4 Å². The Morgan fingerprint density at radius 1 is 1.11 bits per heavy atom. The molecule has 4 aromatic rings. The molecule has 38 heavy (non-hydrogen) atoms. The Balaban J connectivity index is 1.45. The van der Waals surface area contributed by atoms with Gasteiger partial charge in [0.1, 0.15) is 10.9 Å². The molecule has 0 fully saturated rings. The van der Waals surface area contributed by atoms with Gasteiger partial charge in [0.05, 0.1) is 33.9 Å². The number of hydrogen-bond donors (Lipinski definition) is 5. The lowest BCUT2D eigenvalue weighted by atomic mass is 10.1. The van der Waals surface area contributed by atoms with Gasteiger partial charge in [-0.05, 0) is 30.7 Å². The van der Waals surface area contributed by atoms with E-state index in [-0.39, 0.29) is 16.7 Å². The molecule has 0 aliphatic rings. The molecule has 12 nitrogen and oxygen atoms in total. The summed E-state index contributed by atoms with van der Waals surface area (Å²) in [6.07, 6.45) is 5.16. The largest absolute Gasteiger partial charge is 0.464 e. The van der Waals surface area contributed by atoms with Crippen molar-refractivity contribution < 1.29 is 22.7 Å². The minimum Gasteiger partial charge on any atom is -0.464 e. The number of H-pyrrole nitrogens is 2. The monoisotopic (exact) mass is 579 g/mol. The minimum absolute atomic E-state index is 0.0140. The van der Waals surface area contributed by atoms with Crippen LogP contribution in [-0.4, -0.2) is 66.2 Å². The number of imidazole rings is 1. The first-order chi connectivity index (χ1) is 18.3. The van der Waals surface area contributed by atoms with Crippen molar-refractivity contribution in [2.24, 2.45) is 0 Å². The standard InChI is InChI=1S/C23H23Cl2N7O5S/c24-16-5-2-6-17(25)20(16)38(35,36)32-19(22(34)37-11-3-8-26-23-27-9-10-28-23)13-29-21(33)14-4-1-7-18-15(14)12-30-31-18/h1-2,4-7,9-10,12,19,32H,3,8,11,13H2,(H,29,33)(H,30,31)(H2,26,27,28). The molecular formula is C23H23Cl2N7O5S. The number of halogens is 2. The number of carbonyl (C=O) groups excluding carboxylic acids is 2. The van der Waals surface area contributed by atoms with Gasteiger partial charge in [-0.15, -0.1) is 0 Å². The molecule has 0 saturated carbocycles. The zero-order valence-corrected chi connectivity index (χ0v) is 22.0. The summed E-state index contributed by atoms with van der Waals surface area (Å²) in [6, 6.07) is 7.73. The van der Waals surface area contributed by atoms with Crippen molar-refractivity contribution in [2.75, 3.05) is 25.0 Å². The lowest BCUT2D eigenvalue weighted by Gasteiger charge is -2.19. The maximum atomic E-state index is 13.1. The van der Waals surface area contributed by atoms with Gasteiger partial charge in [-0.3, -0.25) is 14.7 Å². The van der Waals surface area contributed by atoms with Gasteiger partial charge in [0.15, 0.2) is 5.95 Å². The first kappa shape index (κ1) is 27.4. The van der Waals surface area contributed by atoms with Crippen LogP contribution in [0.25, 0.3) is 10.9 Å². The molecule has 2 heterocycles. The molecular weight excluding hydrogens is 557 g/mol. The van der Waals surface area contributed by atoms with E-state index < -0.39 is 39.4 Å². The van der Waals surface area contributed by atoms with Gasteiger partial charge in [0.25, 0.3) is 5.91 Å². The molecule has 2 aromatic heterocycles. The van der Waals surface area contributed by atoms with Crippen LogP contribution in [0.5, 0.6) is 0 Å². The third kappa shape index (κ3) is 6.61. The summed E-state index contributed by atoms with van der Waals surface area (Å²) in [6.45, 7) is 0.0234. The van der Waals surface area contributed by atoms with Crippen LogP contribution in [0.4, 0.5) is 5.95 Å². The van der Waals surface area contributed by atoms with Gasteiger partial charge in [-0.2, -0.15) is 9.82 Å². The highest BCUT2D eigenvalue weighted by molar-refractivity contribution is 7.89. The van der Waals surface area contributed by atoms with E-state index in [0.29, 0.717) is 35.4 Å². The van der Waals surface area contributed by atoms with E-state index >= 15 is 0 Å². The molecule has 0 saturated heterocycles. The molecule has 0 aliphatic carbocycles. The third-order valence-corrected chi connectivity index (χ3v) is 7.75. The highest BCUT2D eigenvalue weighted by atomic mass is 35.5. The number of benzene rings is 2. The molecule has 0 aliphatic heterocycles. The number of nitrogens with one attached hydrogen (secondary N) is 5. The third-order valence-electron chi connectivity index (χ3n) is 5.32. The second-order valence-electron chi connectivity index (χ2n) is 7.96. The number of anilines is 1. The number of hydrogen-bond acceptors (Lipinski definition) is 8. The number of aromatic nitrogens is 4. The highest BCUT2D eigenvalue weighted by Crippen LogP contribution is 2.29. The van der Waals surface area contributed by atoms with Gasteiger partial charge < -0.3 is 20.4 Å². The first-order valence-corrected chi connectivity index (χ1v) is 13.6. The number of aromatic amines is 2. The molecule has 15 heteroatoms. The second kappa shape index (κ2) is 12.3. The number of ether oxygens (including phenoxy) is 1. The van der Waals surface area contributed by atoms with E-state index in [2.05, 4.69) is 35.5 Å². The van der Waals surface area contributed by atoms with E-state index in [1.165, 1.54) is 24.4 Å². The lowest BCUT2D eigenvalue weighted by Crippen LogP contribution is -2.49. The minimum atomic E-state index is -4.37. The van der Waals surface area contributed by atoms with Crippen LogP contribution in [0.15, 0.2) is 59.9 Å². The summed E-state index contributed by atoms with van der Waals surface area (Å²) < 4.78 is 33.8. The SMILES string of the molecule is O=C(NCC(NS(=O)(=O)c1c(Cl)cccc1Cl)C(=O)OCCCNc1ncc[nH]1)c1cccc2[nH]ncc12. The second-order valence-corrected chi connectivity index (χ2v) is 10.4. The average molecular weight is 580 g/mol. The van der Waals surface area contributed by atoms with Crippen LogP contribution >= 0.6 is 23.2 Å². The highest BCUT2D eigenvalue weighted by Gasteiger charge is 2.30. The van der Waals surface area contributed by atoms with Crippen molar-refractivity contribution in [1.29, 1.82) is 0 Å². The van der Waals surface area contributed by atoms with E-state index in [1.54, 1.807) is 30.6 Å². The quantitative estimate of drug-likeness (QED) is 0.126. The van der Waals surface area contributed by atoms with Crippen LogP contribution in [0, 0.1) is 0 Å². The van der Waals surface area contributed by atoms with Crippen molar-refractivity contribution >= 4 is 62.0 Å².